The zero-order valence-electron chi connectivity index (χ0n) is 14.1. The molecule has 0 aromatic heterocycles. The van der Waals surface area contributed by atoms with E-state index in [1.54, 1.807) is 0 Å². The summed E-state index contributed by atoms with van der Waals surface area (Å²) in [6.07, 6.45) is 4.94. The van der Waals surface area contributed by atoms with Crippen LogP contribution in [0.5, 0.6) is 5.75 Å². The van der Waals surface area contributed by atoms with E-state index >= 15 is 0 Å². The molecule has 2 aromatic rings. The molecule has 0 amide bonds. The molecule has 0 radical (unpaired) electrons. The van der Waals surface area contributed by atoms with Crippen LogP contribution in [-0.2, 0) is 0 Å². The molecule has 0 aliphatic heterocycles. The molecule has 0 spiro atoms. The minimum Gasteiger partial charge on any atom is -0.493 e. The second-order valence-electron chi connectivity index (χ2n) is 5.76. The van der Waals surface area contributed by atoms with E-state index in [2.05, 4.69) is 24.1 Å². The van der Waals surface area contributed by atoms with Gasteiger partial charge < -0.3 is 4.74 Å². The van der Waals surface area contributed by atoms with E-state index in [0.717, 1.165) is 23.7 Å². The average molecular weight is 310 g/mol. The fraction of sp³-hybridized carbons (Fsp3) is 0.400. The Morgan fingerprint density at radius 2 is 1.52 bits per heavy atom. The molecular formula is C20H26N2O. The Hall–Kier alpha value is -2.16. The van der Waals surface area contributed by atoms with Crippen molar-refractivity contribution in [2.75, 3.05) is 6.61 Å². The van der Waals surface area contributed by atoms with Crippen molar-refractivity contribution in [1.82, 2.24) is 0 Å². The van der Waals surface area contributed by atoms with Crippen LogP contribution in [0.2, 0.25) is 0 Å². The largest absolute Gasteiger partial charge is 0.493 e. The molecule has 0 saturated heterocycles. The summed E-state index contributed by atoms with van der Waals surface area (Å²) < 4.78 is 5.90. The maximum Gasteiger partial charge on any atom is 0.119 e. The van der Waals surface area contributed by atoms with Gasteiger partial charge in [-0.1, -0.05) is 51.3 Å². The predicted molar refractivity (Wildman–Crippen MR) is 95.9 cm³/mol. The highest BCUT2D eigenvalue weighted by Crippen LogP contribution is 2.22. The Morgan fingerprint density at radius 3 is 2.13 bits per heavy atom. The second-order valence-corrected chi connectivity index (χ2v) is 5.76. The third-order valence-corrected chi connectivity index (χ3v) is 3.90. The summed E-state index contributed by atoms with van der Waals surface area (Å²) in [5, 5.41) is 8.45. The summed E-state index contributed by atoms with van der Waals surface area (Å²) >= 11 is 0. The van der Waals surface area contributed by atoms with Gasteiger partial charge in [-0.15, -0.1) is 0 Å². The first-order chi connectivity index (χ1) is 11.3. The van der Waals surface area contributed by atoms with Gasteiger partial charge in [-0.2, -0.15) is 10.2 Å². The Kier molecular flexibility index (Phi) is 7.31. The molecule has 3 heteroatoms. The molecule has 122 valence electrons. The van der Waals surface area contributed by atoms with Gasteiger partial charge in [-0.05, 0) is 48.7 Å². The van der Waals surface area contributed by atoms with Crippen LogP contribution < -0.4 is 4.74 Å². The third-order valence-electron chi connectivity index (χ3n) is 3.90. The SMILES string of the molecule is CCCCC(CC)COc1ccc(N=Nc2ccccc2)cc1. The van der Waals surface area contributed by atoms with Gasteiger partial charge in [0.15, 0.2) is 0 Å². The highest BCUT2D eigenvalue weighted by Gasteiger charge is 2.06. The fourth-order valence-electron chi connectivity index (χ4n) is 2.33. The maximum absolute atomic E-state index is 5.90. The third kappa shape index (κ3) is 6.23. The summed E-state index contributed by atoms with van der Waals surface area (Å²) in [6.45, 7) is 5.26. The van der Waals surface area contributed by atoms with Gasteiger partial charge in [0.05, 0.1) is 18.0 Å². The molecule has 0 fully saturated rings. The first-order valence-electron chi connectivity index (χ1n) is 8.51. The number of hydrogen-bond acceptors (Lipinski definition) is 3. The van der Waals surface area contributed by atoms with Gasteiger partial charge in [0.1, 0.15) is 5.75 Å². The lowest BCUT2D eigenvalue weighted by molar-refractivity contribution is 0.233. The first-order valence-corrected chi connectivity index (χ1v) is 8.51. The van der Waals surface area contributed by atoms with Crippen molar-refractivity contribution in [3.05, 3.63) is 54.6 Å². The monoisotopic (exact) mass is 310 g/mol. The van der Waals surface area contributed by atoms with Crippen LogP contribution in [0.15, 0.2) is 64.8 Å². The van der Waals surface area contributed by atoms with Crippen LogP contribution in [0.1, 0.15) is 39.5 Å². The van der Waals surface area contributed by atoms with E-state index in [1.807, 2.05) is 54.6 Å². The van der Waals surface area contributed by atoms with Crippen molar-refractivity contribution in [2.24, 2.45) is 16.1 Å². The summed E-state index contributed by atoms with van der Waals surface area (Å²) in [6, 6.07) is 17.5. The number of ether oxygens (including phenoxy) is 1. The molecule has 0 heterocycles. The van der Waals surface area contributed by atoms with E-state index in [9.17, 15) is 0 Å². The Morgan fingerprint density at radius 1 is 0.870 bits per heavy atom. The topological polar surface area (TPSA) is 34.0 Å². The minimum absolute atomic E-state index is 0.646. The standard InChI is InChI=1S/C20H26N2O/c1-3-5-9-17(4-2)16-23-20-14-12-19(13-15-20)22-21-18-10-7-6-8-11-18/h6-8,10-15,17H,3-5,9,16H2,1-2H3. The van der Waals surface area contributed by atoms with Gasteiger partial charge in [0.2, 0.25) is 0 Å². The average Bonchev–Trinajstić information content (AvgIpc) is 2.62. The zero-order chi connectivity index (χ0) is 16.3. The lowest BCUT2D eigenvalue weighted by Crippen LogP contribution is -2.11. The van der Waals surface area contributed by atoms with Crippen LogP contribution in [0.25, 0.3) is 0 Å². The number of benzene rings is 2. The molecule has 2 aromatic carbocycles. The first kappa shape index (κ1) is 17.2. The lowest BCUT2D eigenvalue weighted by atomic mass is 10.0. The van der Waals surface area contributed by atoms with Crippen LogP contribution >= 0.6 is 0 Å². The van der Waals surface area contributed by atoms with Crippen molar-refractivity contribution in [3.8, 4) is 5.75 Å². The molecule has 0 bridgehead atoms. The van der Waals surface area contributed by atoms with Crippen LogP contribution in [0, 0.1) is 5.92 Å². The number of nitrogens with zero attached hydrogens (tertiary/aromatic N) is 2. The van der Waals surface area contributed by atoms with Crippen molar-refractivity contribution in [3.63, 3.8) is 0 Å². The second kappa shape index (κ2) is 9.78. The van der Waals surface area contributed by atoms with E-state index < -0.39 is 0 Å². The summed E-state index contributed by atoms with van der Waals surface area (Å²) in [7, 11) is 0. The van der Waals surface area contributed by atoms with Crippen LogP contribution in [-0.4, -0.2) is 6.61 Å². The van der Waals surface area contributed by atoms with Crippen LogP contribution in [0.3, 0.4) is 0 Å². The van der Waals surface area contributed by atoms with Crippen molar-refractivity contribution in [2.45, 2.75) is 39.5 Å². The number of hydrogen-bond donors (Lipinski definition) is 0. The number of azo groups is 1. The van der Waals surface area contributed by atoms with Gasteiger partial charge in [0.25, 0.3) is 0 Å². The minimum atomic E-state index is 0.646. The Bertz CT molecular complexity index is 578. The Balaban J connectivity index is 1.85. The van der Waals surface area contributed by atoms with Gasteiger partial charge in [0, 0.05) is 0 Å². The maximum atomic E-state index is 5.90. The van der Waals surface area contributed by atoms with Gasteiger partial charge in [-0.25, -0.2) is 0 Å². The molecule has 1 unspecified atom stereocenters. The molecular weight excluding hydrogens is 284 g/mol. The number of rotatable bonds is 9. The molecule has 23 heavy (non-hydrogen) atoms. The van der Waals surface area contributed by atoms with Crippen LogP contribution in [0.4, 0.5) is 11.4 Å². The summed E-state index contributed by atoms with van der Waals surface area (Å²) in [5.41, 5.74) is 1.69. The van der Waals surface area contributed by atoms with E-state index in [1.165, 1.54) is 25.7 Å². The molecule has 2 rings (SSSR count). The Labute approximate surface area is 139 Å². The summed E-state index contributed by atoms with van der Waals surface area (Å²) in [4.78, 5) is 0. The smallest absolute Gasteiger partial charge is 0.119 e. The molecule has 3 nitrogen and oxygen atoms in total. The summed E-state index contributed by atoms with van der Waals surface area (Å²) in [5.74, 6) is 1.55. The highest BCUT2D eigenvalue weighted by molar-refractivity contribution is 5.42. The van der Waals surface area contributed by atoms with Gasteiger partial charge >= 0.3 is 0 Å². The molecule has 0 N–H and O–H groups in total. The van der Waals surface area contributed by atoms with Crippen molar-refractivity contribution >= 4 is 11.4 Å². The fourth-order valence-corrected chi connectivity index (χ4v) is 2.33. The van der Waals surface area contributed by atoms with E-state index in [-0.39, 0.29) is 0 Å². The quantitative estimate of drug-likeness (QED) is 0.474. The molecule has 0 aliphatic carbocycles. The predicted octanol–water partition coefficient (Wildman–Crippen LogP) is 6.70. The van der Waals surface area contributed by atoms with Crippen molar-refractivity contribution < 1.29 is 4.74 Å². The zero-order valence-corrected chi connectivity index (χ0v) is 14.1. The van der Waals surface area contributed by atoms with Gasteiger partial charge in [-0.3, -0.25) is 0 Å². The van der Waals surface area contributed by atoms with Crippen molar-refractivity contribution in [1.29, 1.82) is 0 Å². The molecule has 0 aliphatic rings. The van der Waals surface area contributed by atoms with E-state index in [4.69, 9.17) is 4.74 Å². The normalized spacial score (nSPS) is 12.4. The highest BCUT2D eigenvalue weighted by atomic mass is 16.5. The molecule has 1 atom stereocenters. The number of unbranched alkanes of at least 4 members (excludes halogenated alkanes) is 1. The molecule has 0 saturated carbocycles. The lowest BCUT2D eigenvalue weighted by Gasteiger charge is -2.15. The van der Waals surface area contributed by atoms with E-state index in [0.29, 0.717) is 5.92 Å².